The van der Waals surface area contributed by atoms with Crippen LogP contribution in [0.15, 0.2) is 28.8 Å². The van der Waals surface area contributed by atoms with Crippen LogP contribution >= 0.6 is 15.9 Å². The summed E-state index contributed by atoms with van der Waals surface area (Å²) < 4.78 is 26.7. The molecular weight excluding hydrogens is 314 g/mol. The number of fused-ring (bicyclic) bond motifs is 3. The summed E-state index contributed by atoms with van der Waals surface area (Å²) in [5.41, 5.74) is 3.02. The molecule has 0 fully saturated rings. The summed E-state index contributed by atoms with van der Waals surface area (Å²) in [6, 6.07) is 3.99. The van der Waals surface area contributed by atoms with E-state index in [-0.39, 0.29) is 12.0 Å². The van der Waals surface area contributed by atoms with Gasteiger partial charge in [0.25, 0.3) is 0 Å². The minimum absolute atomic E-state index is 0.0389. The molecule has 0 spiro atoms. The van der Waals surface area contributed by atoms with E-state index in [9.17, 15) is 8.42 Å². The Morgan fingerprint density at radius 1 is 1.39 bits per heavy atom. The van der Waals surface area contributed by atoms with Crippen molar-refractivity contribution < 1.29 is 8.42 Å². The first kappa shape index (κ1) is 12.2. The number of sulfonamides is 1. The summed E-state index contributed by atoms with van der Waals surface area (Å²) in [5, 5.41) is 0. The lowest BCUT2D eigenvalue weighted by Gasteiger charge is -2.24. The fourth-order valence-electron chi connectivity index (χ4n) is 3.07. The van der Waals surface area contributed by atoms with Gasteiger partial charge in [0.15, 0.2) is 0 Å². The summed E-state index contributed by atoms with van der Waals surface area (Å²) in [4.78, 5) is 0. The average Bonchev–Trinajstić information content (AvgIpc) is 2.76. The van der Waals surface area contributed by atoms with Crippen molar-refractivity contribution >= 4 is 31.6 Å². The molecule has 0 radical (unpaired) electrons. The summed E-state index contributed by atoms with van der Waals surface area (Å²) >= 11 is 3.49. The molecule has 0 saturated carbocycles. The highest BCUT2D eigenvalue weighted by Gasteiger charge is 2.43. The molecule has 2 unspecified atom stereocenters. The van der Waals surface area contributed by atoms with Crippen molar-refractivity contribution in [2.45, 2.75) is 25.3 Å². The topological polar surface area (TPSA) is 37.4 Å². The van der Waals surface area contributed by atoms with E-state index in [0.717, 1.165) is 27.7 Å². The molecular formula is C13H14BrNO2S. The normalized spacial score (nSPS) is 25.4. The molecule has 2 aliphatic rings. The third kappa shape index (κ3) is 1.64. The number of nitrogens with zero attached hydrogens (tertiary/aromatic N) is 1. The third-order valence-corrected chi connectivity index (χ3v) is 5.28. The van der Waals surface area contributed by atoms with Crippen molar-refractivity contribution in [1.82, 2.24) is 0 Å². The third-order valence-electron chi connectivity index (χ3n) is 3.68. The van der Waals surface area contributed by atoms with E-state index in [2.05, 4.69) is 28.1 Å². The van der Waals surface area contributed by atoms with Crippen molar-refractivity contribution in [1.29, 1.82) is 0 Å². The number of halogens is 1. The van der Waals surface area contributed by atoms with Gasteiger partial charge in [0.05, 0.1) is 18.0 Å². The molecule has 96 valence electrons. The van der Waals surface area contributed by atoms with Crippen LogP contribution in [0.2, 0.25) is 0 Å². The molecule has 0 aromatic heterocycles. The zero-order valence-electron chi connectivity index (χ0n) is 10.2. The van der Waals surface area contributed by atoms with Crippen LogP contribution in [0.3, 0.4) is 0 Å². The van der Waals surface area contributed by atoms with Crippen LogP contribution in [0.4, 0.5) is 5.69 Å². The second kappa shape index (κ2) is 3.84. The van der Waals surface area contributed by atoms with Gasteiger partial charge < -0.3 is 0 Å². The number of anilines is 1. The number of hydrogen-bond donors (Lipinski definition) is 0. The molecule has 0 bridgehead atoms. The molecule has 0 N–H and O–H groups in total. The van der Waals surface area contributed by atoms with E-state index in [1.54, 1.807) is 4.31 Å². The zero-order valence-corrected chi connectivity index (χ0v) is 12.6. The monoisotopic (exact) mass is 327 g/mol. The maximum absolute atomic E-state index is 12.1. The second-order valence-electron chi connectivity index (χ2n) is 4.98. The lowest BCUT2D eigenvalue weighted by atomic mass is 9.96. The van der Waals surface area contributed by atoms with E-state index in [4.69, 9.17) is 0 Å². The Kier molecular flexibility index (Phi) is 2.61. The molecule has 1 aromatic rings. The van der Waals surface area contributed by atoms with E-state index in [0.29, 0.717) is 0 Å². The predicted octanol–water partition coefficient (Wildman–Crippen LogP) is 2.95. The van der Waals surface area contributed by atoms with Gasteiger partial charge >= 0.3 is 0 Å². The number of benzene rings is 1. The van der Waals surface area contributed by atoms with Gasteiger partial charge in [-0.1, -0.05) is 28.1 Å². The maximum Gasteiger partial charge on any atom is 0.232 e. The zero-order chi connectivity index (χ0) is 13.1. The Morgan fingerprint density at radius 2 is 2.11 bits per heavy atom. The Hall–Kier alpha value is -0.810. The standard InChI is InChI=1S/C13H14BrNO2S/c1-8-6-9(14)7-11-10-4-3-5-12(10)15(13(8)11)18(2,16)17/h3,5-7,10,12H,4H2,1-2H3. The van der Waals surface area contributed by atoms with Gasteiger partial charge in [-0.2, -0.15) is 0 Å². The average molecular weight is 328 g/mol. The number of allylic oxidation sites excluding steroid dienone is 1. The highest BCUT2D eigenvalue weighted by molar-refractivity contribution is 9.10. The molecule has 1 aromatic carbocycles. The van der Waals surface area contributed by atoms with Gasteiger partial charge in [0.1, 0.15) is 0 Å². The fourth-order valence-corrected chi connectivity index (χ4v) is 4.90. The van der Waals surface area contributed by atoms with Crippen LogP contribution < -0.4 is 4.31 Å². The molecule has 0 amide bonds. The van der Waals surface area contributed by atoms with Crippen LogP contribution in [0.5, 0.6) is 0 Å². The van der Waals surface area contributed by atoms with Gasteiger partial charge in [0.2, 0.25) is 10.0 Å². The van der Waals surface area contributed by atoms with E-state index < -0.39 is 10.0 Å². The molecule has 1 aliphatic carbocycles. The quantitative estimate of drug-likeness (QED) is 0.744. The Morgan fingerprint density at radius 3 is 2.78 bits per heavy atom. The molecule has 18 heavy (non-hydrogen) atoms. The molecule has 3 rings (SSSR count). The van der Waals surface area contributed by atoms with E-state index >= 15 is 0 Å². The molecule has 1 heterocycles. The van der Waals surface area contributed by atoms with Crippen LogP contribution in [0.1, 0.15) is 23.5 Å². The first-order valence-corrected chi connectivity index (χ1v) is 8.50. The fraction of sp³-hybridized carbons (Fsp3) is 0.385. The van der Waals surface area contributed by atoms with E-state index in [1.165, 1.54) is 6.26 Å². The van der Waals surface area contributed by atoms with Crippen LogP contribution in [0.25, 0.3) is 0 Å². The summed E-state index contributed by atoms with van der Waals surface area (Å²) in [6.45, 7) is 1.96. The van der Waals surface area contributed by atoms with Crippen molar-refractivity contribution in [3.05, 3.63) is 39.9 Å². The highest BCUT2D eigenvalue weighted by atomic mass is 79.9. The molecule has 3 nitrogen and oxygen atoms in total. The Labute approximate surface area is 116 Å². The van der Waals surface area contributed by atoms with Crippen molar-refractivity contribution in [2.24, 2.45) is 0 Å². The smallest absolute Gasteiger partial charge is 0.232 e. The van der Waals surface area contributed by atoms with Crippen molar-refractivity contribution in [3.8, 4) is 0 Å². The van der Waals surface area contributed by atoms with Gasteiger partial charge in [-0.3, -0.25) is 4.31 Å². The Bertz CT molecular complexity index is 651. The Balaban J connectivity index is 2.28. The van der Waals surface area contributed by atoms with Gasteiger partial charge in [0, 0.05) is 10.4 Å². The minimum Gasteiger partial charge on any atom is -0.262 e. The minimum atomic E-state index is -3.24. The van der Waals surface area contributed by atoms with Gasteiger partial charge in [-0.05, 0) is 36.6 Å². The van der Waals surface area contributed by atoms with Crippen LogP contribution in [-0.4, -0.2) is 20.7 Å². The van der Waals surface area contributed by atoms with Gasteiger partial charge in [-0.15, -0.1) is 0 Å². The lowest BCUT2D eigenvalue weighted by Crippen LogP contribution is -2.36. The van der Waals surface area contributed by atoms with Crippen molar-refractivity contribution in [2.75, 3.05) is 10.6 Å². The SMILES string of the molecule is Cc1cc(Br)cc2c1N(S(C)(=O)=O)C1C=CCC21. The van der Waals surface area contributed by atoms with E-state index in [1.807, 2.05) is 19.1 Å². The largest absolute Gasteiger partial charge is 0.262 e. The first-order valence-electron chi connectivity index (χ1n) is 5.85. The number of aryl methyl sites for hydroxylation is 1. The molecule has 5 heteroatoms. The second-order valence-corrected chi connectivity index (χ2v) is 7.76. The van der Waals surface area contributed by atoms with Crippen LogP contribution in [-0.2, 0) is 10.0 Å². The number of rotatable bonds is 1. The van der Waals surface area contributed by atoms with Crippen molar-refractivity contribution in [3.63, 3.8) is 0 Å². The van der Waals surface area contributed by atoms with Gasteiger partial charge in [-0.25, -0.2) is 8.42 Å². The number of hydrogen-bond acceptors (Lipinski definition) is 2. The summed E-state index contributed by atoms with van der Waals surface area (Å²) in [6.07, 6.45) is 6.29. The summed E-state index contributed by atoms with van der Waals surface area (Å²) in [7, 11) is -3.24. The highest BCUT2D eigenvalue weighted by Crippen LogP contribution is 2.49. The molecule has 1 aliphatic heterocycles. The maximum atomic E-state index is 12.1. The first-order chi connectivity index (χ1) is 8.39. The molecule has 0 saturated heterocycles. The molecule has 2 atom stereocenters. The lowest BCUT2D eigenvalue weighted by molar-refractivity contribution is 0.588. The van der Waals surface area contributed by atoms with Crippen LogP contribution in [0, 0.1) is 6.92 Å². The predicted molar refractivity (Wildman–Crippen MR) is 76.5 cm³/mol. The summed E-state index contributed by atoms with van der Waals surface area (Å²) in [5.74, 6) is 0.269.